The van der Waals surface area contributed by atoms with Crippen molar-refractivity contribution in [1.29, 1.82) is 0 Å². The second-order valence-corrected chi connectivity index (χ2v) is 7.97. The molecule has 0 aliphatic carbocycles. The molecule has 33 heavy (non-hydrogen) atoms. The topological polar surface area (TPSA) is 62.1 Å². The number of anilines is 3. The molecule has 0 atom stereocenters. The van der Waals surface area contributed by atoms with Crippen molar-refractivity contribution in [3.8, 4) is 11.3 Å². The van der Waals surface area contributed by atoms with Gasteiger partial charge in [-0.15, -0.1) is 0 Å². The summed E-state index contributed by atoms with van der Waals surface area (Å²) in [7, 11) is 0. The Morgan fingerprint density at radius 3 is 2.39 bits per heavy atom. The number of thiocarbonyl (C=S) groups is 1. The number of nitrogens with zero attached hydrogens (tertiary/aromatic N) is 1. The third-order valence-electron chi connectivity index (χ3n) is 5.19. The van der Waals surface area contributed by atoms with Crippen LogP contribution >= 0.6 is 12.2 Å². The zero-order valence-electron chi connectivity index (χ0n) is 17.8. The maximum absolute atomic E-state index is 5.90. The van der Waals surface area contributed by atoms with Crippen molar-refractivity contribution in [2.75, 3.05) is 10.6 Å². The van der Waals surface area contributed by atoms with E-state index in [1.165, 1.54) is 10.8 Å². The van der Waals surface area contributed by atoms with Crippen LogP contribution in [0, 0.1) is 0 Å². The van der Waals surface area contributed by atoms with Gasteiger partial charge in [0.05, 0.1) is 18.4 Å². The van der Waals surface area contributed by atoms with Crippen LogP contribution < -0.4 is 16.0 Å². The number of rotatable bonds is 6. The van der Waals surface area contributed by atoms with Crippen molar-refractivity contribution < 1.29 is 4.42 Å². The van der Waals surface area contributed by atoms with Gasteiger partial charge in [-0.25, -0.2) is 4.98 Å². The number of fused-ring (bicyclic) bond motifs is 1. The molecular weight excluding hydrogens is 428 g/mol. The van der Waals surface area contributed by atoms with E-state index in [1.807, 2.05) is 72.8 Å². The molecule has 0 unspecified atom stereocenters. The van der Waals surface area contributed by atoms with Crippen molar-refractivity contribution in [3.05, 3.63) is 109 Å². The lowest BCUT2D eigenvalue weighted by molar-refractivity contribution is 0.516. The first kappa shape index (κ1) is 20.7. The van der Waals surface area contributed by atoms with E-state index in [4.69, 9.17) is 16.6 Å². The predicted octanol–water partition coefficient (Wildman–Crippen LogP) is 6.73. The third kappa shape index (κ3) is 5.19. The average Bonchev–Trinajstić information content (AvgIpc) is 3.34. The molecule has 0 bridgehead atoms. The van der Waals surface area contributed by atoms with Crippen molar-refractivity contribution in [3.63, 3.8) is 0 Å². The van der Waals surface area contributed by atoms with Gasteiger partial charge in [0.2, 0.25) is 0 Å². The molecule has 3 N–H and O–H groups in total. The Morgan fingerprint density at radius 2 is 1.58 bits per heavy atom. The summed E-state index contributed by atoms with van der Waals surface area (Å²) in [4.78, 5) is 4.48. The van der Waals surface area contributed by atoms with Gasteiger partial charge in [0, 0.05) is 11.3 Å². The molecule has 0 aliphatic heterocycles. The smallest absolute Gasteiger partial charge is 0.171 e. The van der Waals surface area contributed by atoms with Crippen molar-refractivity contribution in [2.45, 2.75) is 6.54 Å². The molecule has 0 saturated carbocycles. The molecule has 0 fully saturated rings. The molecule has 5 rings (SSSR count). The first-order valence-corrected chi connectivity index (χ1v) is 11.0. The van der Waals surface area contributed by atoms with Crippen LogP contribution in [0.5, 0.6) is 0 Å². The summed E-state index contributed by atoms with van der Waals surface area (Å²) in [5, 5.41) is 12.6. The number of aromatic nitrogens is 1. The summed E-state index contributed by atoms with van der Waals surface area (Å²) in [5.41, 5.74) is 2.85. The summed E-state index contributed by atoms with van der Waals surface area (Å²) in [5.74, 6) is 2.41. The van der Waals surface area contributed by atoms with Crippen LogP contribution in [0.2, 0.25) is 0 Å². The highest BCUT2D eigenvalue weighted by atomic mass is 32.1. The lowest BCUT2D eigenvalue weighted by Crippen LogP contribution is -2.27. The van der Waals surface area contributed by atoms with Gasteiger partial charge in [0.15, 0.2) is 5.11 Å². The maximum Gasteiger partial charge on any atom is 0.171 e. The molecule has 2 aromatic heterocycles. The molecule has 162 valence electrons. The molecule has 5 nitrogen and oxygen atoms in total. The number of nitrogens with one attached hydrogen (secondary N) is 3. The molecule has 0 saturated heterocycles. The second-order valence-electron chi connectivity index (χ2n) is 7.56. The van der Waals surface area contributed by atoms with Gasteiger partial charge in [-0.05, 0) is 59.4 Å². The van der Waals surface area contributed by atoms with Crippen molar-refractivity contribution in [1.82, 2.24) is 10.3 Å². The molecule has 0 spiro atoms. The summed E-state index contributed by atoms with van der Waals surface area (Å²) >= 11 is 5.41. The maximum atomic E-state index is 5.90. The fraction of sp³-hybridized carbons (Fsp3) is 0.0370. The van der Waals surface area contributed by atoms with E-state index in [0.717, 1.165) is 34.3 Å². The SMILES string of the molecule is S=C(NCc1ccc(-c2ccccc2)o1)Nc1ccc(Nc2ccc3ccccc3c2)nc1. The predicted molar refractivity (Wildman–Crippen MR) is 139 cm³/mol. The number of hydrogen-bond acceptors (Lipinski definition) is 4. The lowest BCUT2D eigenvalue weighted by atomic mass is 10.1. The molecule has 6 heteroatoms. The van der Waals surface area contributed by atoms with Crippen LogP contribution in [-0.4, -0.2) is 10.1 Å². The number of furan rings is 1. The summed E-state index contributed by atoms with van der Waals surface area (Å²) in [6.45, 7) is 0.494. The Kier molecular flexibility index (Phi) is 5.99. The fourth-order valence-electron chi connectivity index (χ4n) is 3.53. The van der Waals surface area contributed by atoms with Gasteiger partial charge in [-0.2, -0.15) is 0 Å². The van der Waals surface area contributed by atoms with E-state index in [2.05, 4.69) is 45.2 Å². The van der Waals surface area contributed by atoms with E-state index in [-0.39, 0.29) is 0 Å². The fourth-order valence-corrected chi connectivity index (χ4v) is 3.72. The Balaban J connectivity index is 1.14. The average molecular weight is 451 g/mol. The molecule has 3 aromatic carbocycles. The Hall–Kier alpha value is -4.16. The zero-order valence-corrected chi connectivity index (χ0v) is 18.6. The van der Waals surface area contributed by atoms with Crippen LogP contribution in [0.1, 0.15) is 5.76 Å². The molecule has 0 radical (unpaired) electrons. The second kappa shape index (κ2) is 9.54. The lowest BCUT2D eigenvalue weighted by Gasteiger charge is -2.11. The largest absolute Gasteiger partial charge is 0.459 e. The molecule has 2 heterocycles. The van der Waals surface area contributed by atoms with Crippen molar-refractivity contribution in [2.24, 2.45) is 0 Å². The van der Waals surface area contributed by atoms with Crippen LogP contribution in [0.3, 0.4) is 0 Å². The number of benzene rings is 3. The van der Waals surface area contributed by atoms with E-state index in [9.17, 15) is 0 Å². The minimum atomic E-state index is 0.494. The molecule has 0 amide bonds. The van der Waals surface area contributed by atoms with Gasteiger partial charge in [0.25, 0.3) is 0 Å². The zero-order chi connectivity index (χ0) is 22.5. The normalized spacial score (nSPS) is 10.7. The van der Waals surface area contributed by atoms with Gasteiger partial charge in [-0.3, -0.25) is 0 Å². The van der Waals surface area contributed by atoms with Crippen LogP contribution in [0.4, 0.5) is 17.2 Å². The quantitative estimate of drug-likeness (QED) is 0.250. The van der Waals surface area contributed by atoms with Gasteiger partial charge < -0.3 is 20.4 Å². The Morgan fingerprint density at radius 1 is 0.788 bits per heavy atom. The first-order chi connectivity index (χ1) is 16.2. The highest BCUT2D eigenvalue weighted by molar-refractivity contribution is 7.80. The standard InChI is InChI=1S/C27H22N4OS/c33-27(29-18-24-13-14-25(32-24)20-7-2-1-3-8-20)31-23-12-15-26(28-17-23)30-22-11-10-19-6-4-5-9-21(19)16-22/h1-17H,18H2,(H,28,30)(H2,29,31,33). The minimum absolute atomic E-state index is 0.494. The minimum Gasteiger partial charge on any atom is -0.459 e. The van der Waals surface area contributed by atoms with Gasteiger partial charge in [0.1, 0.15) is 17.3 Å². The number of hydrogen-bond donors (Lipinski definition) is 3. The monoisotopic (exact) mass is 450 g/mol. The highest BCUT2D eigenvalue weighted by Crippen LogP contribution is 2.23. The number of pyridine rings is 1. The van der Waals surface area contributed by atoms with Crippen molar-refractivity contribution >= 4 is 45.3 Å². The van der Waals surface area contributed by atoms with Crippen LogP contribution in [-0.2, 0) is 6.54 Å². The van der Waals surface area contributed by atoms with E-state index >= 15 is 0 Å². The Labute approximate surface area is 197 Å². The van der Waals surface area contributed by atoms with Crippen LogP contribution in [0.15, 0.2) is 108 Å². The first-order valence-electron chi connectivity index (χ1n) is 10.6. The van der Waals surface area contributed by atoms with E-state index < -0.39 is 0 Å². The highest BCUT2D eigenvalue weighted by Gasteiger charge is 2.06. The van der Waals surface area contributed by atoms with Crippen LogP contribution in [0.25, 0.3) is 22.1 Å². The van der Waals surface area contributed by atoms with Gasteiger partial charge in [-0.1, -0.05) is 60.7 Å². The van der Waals surface area contributed by atoms with Gasteiger partial charge >= 0.3 is 0 Å². The molecule has 0 aliphatic rings. The summed E-state index contributed by atoms with van der Waals surface area (Å²) < 4.78 is 5.90. The molecule has 5 aromatic rings. The summed E-state index contributed by atoms with van der Waals surface area (Å²) in [6, 6.07) is 32.3. The Bertz CT molecular complexity index is 1380. The van der Waals surface area contributed by atoms with E-state index in [1.54, 1.807) is 6.20 Å². The molecular formula is C27H22N4OS. The summed E-state index contributed by atoms with van der Waals surface area (Å²) in [6.07, 6.45) is 1.75. The third-order valence-corrected chi connectivity index (χ3v) is 5.43. The van der Waals surface area contributed by atoms with E-state index in [0.29, 0.717) is 11.7 Å².